The average molecular weight is 243 g/mol. The summed E-state index contributed by atoms with van der Waals surface area (Å²) in [5.41, 5.74) is 2.91. The zero-order chi connectivity index (χ0) is 12.8. The number of nitrogens with one attached hydrogen (secondary N) is 1. The van der Waals surface area contributed by atoms with Crippen LogP contribution in [-0.2, 0) is 0 Å². The fourth-order valence-electron chi connectivity index (χ4n) is 1.71. The van der Waals surface area contributed by atoms with Crippen LogP contribution in [0, 0.1) is 0 Å². The van der Waals surface area contributed by atoms with Gasteiger partial charge < -0.3 is 10.1 Å². The van der Waals surface area contributed by atoms with Crippen molar-refractivity contribution in [1.82, 2.24) is 9.97 Å². The van der Waals surface area contributed by atoms with Crippen LogP contribution in [0.3, 0.4) is 0 Å². The third-order valence-corrected chi connectivity index (χ3v) is 2.46. The average Bonchev–Trinajstić information content (AvgIpc) is 2.40. The molecule has 2 aromatic rings. The summed E-state index contributed by atoms with van der Waals surface area (Å²) < 4.78 is 5.44. The minimum Gasteiger partial charge on any atom is -0.492 e. The second-order valence-electron chi connectivity index (χ2n) is 3.80. The number of hydrogen-bond acceptors (Lipinski definition) is 4. The van der Waals surface area contributed by atoms with E-state index in [2.05, 4.69) is 22.2 Å². The number of hydrogen-bond donors (Lipinski definition) is 1. The van der Waals surface area contributed by atoms with Crippen molar-refractivity contribution in [3.05, 3.63) is 36.8 Å². The fraction of sp³-hybridized carbons (Fsp3) is 0.286. The highest BCUT2D eigenvalue weighted by atomic mass is 16.5. The van der Waals surface area contributed by atoms with Gasteiger partial charge in [-0.25, -0.2) is 0 Å². The van der Waals surface area contributed by atoms with Crippen molar-refractivity contribution in [3.8, 4) is 17.0 Å². The molecule has 0 aliphatic carbocycles. The highest BCUT2D eigenvalue weighted by molar-refractivity contribution is 5.64. The van der Waals surface area contributed by atoms with Crippen LogP contribution in [0.5, 0.6) is 5.75 Å². The molecule has 0 fully saturated rings. The predicted octanol–water partition coefficient (Wildman–Crippen LogP) is 2.97. The van der Waals surface area contributed by atoms with Gasteiger partial charge in [-0.1, -0.05) is 0 Å². The maximum Gasteiger partial charge on any atom is 0.138 e. The molecule has 0 aromatic carbocycles. The largest absolute Gasteiger partial charge is 0.492 e. The van der Waals surface area contributed by atoms with Crippen molar-refractivity contribution in [2.24, 2.45) is 0 Å². The van der Waals surface area contributed by atoms with Gasteiger partial charge >= 0.3 is 0 Å². The molecular weight excluding hydrogens is 226 g/mol. The van der Waals surface area contributed by atoms with Crippen LogP contribution in [0.1, 0.15) is 13.8 Å². The number of aromatic nitrogens is 2. The molecule has 0 amide bonds. The van der Waals surface area contributed by atoms with Gasteiger partial charge in [0.05, 0.1) is 18.5 Å². The van der Waals surface area contributed by atoms with Gasteiger partial charge in [0.15, 0.2) is 0 Å². The van der Waals surface area contributed by atoms with Crippen LogP contribution < -0.4 is 10.1 Å². The molecule has 0 saturated heterocycles. The van der Waals surface area contributed by atoms with Gasteiger partial charge in [-0.3, -0.25) is 9.97 Å². The molecule has 18 heavy (non-hydrogen) atoms. The first kappa shape index (κ1) is 12.4. The first-order chi connectivity index (χ1) is 8.83. The Morgan fingerprint density at radius 1 is 1.22 bits per heavy atom. The molecule has 0 aliphatic rings. The molecule has 0 atom stereocenters. The number of anilines is 1. The zero-order valence-electron chi connectivity index (χ0n) is 10.7. The molecule has 4 nitrogen and oxygen atoms in total. The van der Waals surface area contributed by atoms with Crippen molar-refractivity contribution < 1.29 is 4.74 Å². The van der Waals surface area contributed by atoms with E-state index >= 15 is 0 Å². The summed E-state index contributed by atoms with van der Waals surface area (Å²) >= 11 is 0. The molecule has 0 bridgehead atoms. The lowest BCUT2D eigenvalue weighted by atomic mass is 10.2. The van der Waals surface area contributed by atoms with E-state index < -0.39 is 0 Å². The van der Waals surface area contributed by atoms with Crippen LogP contribution in [-0.4, -0.2) is 23.1 Å². The van der Waals surface area contributed by atoms with Gasteiger partial charge in [0.25, 0.3) is 0 Å². The molecule has 94 valence electrons. The van der Waals surface area contributed by atoms with Crippen LogP contribution in [0.15, 0.2) is 36.8 Å². The van der Waals surface area contributed by atoms with Crippen molar-refractivity contribution >= 4 is 5.69 Å². The fourth-order valence-corrected chi connectivity index (χ4v) is 1.71. The molecule has 4 heteroatoms. The van der Waals surface area contributed by atoms with Gasteiger partial charge in [-0.2, -0.15) is 0 Å². The quantitative estimate of drug-likeness (QED) is 0.877. The van der Waals surface area contributed by atoms with Crippen LogP contribution >= 0.6 is 0 Å². The molecule has 0 radical (unpaired) electrons. The van der Waals surface area contributed by atoms with Crippen molar-refractivity contribution in [3.63, 3.8) is 0 Å². The van der Waals surface area contributed by atoms with E-state index in [1.807, 2.05) is 25.1 Å². The summed E-state index contributed by atoms with van der Waals surface area (Å²) in [6.45, 7) is 5.55. The second-order valence-corrected chi connectivity index (χ2v) is 3.80. The lowest BCUT2D eigenvalue weighted by Crippen LogP contribution is -1.97. The zero-order valence-corrected chi connectivity index (χ0v) is 10.7. The lowest BCUT2D eigenvalue weighted by Gasteiger charge is -2.07. The minimum atomic E-state index is 0.635. The topological polar surface area (TPSA) is 47.0 Å². The number of rotatable bonds is 5. The summed E-state index contributed by atoms with van der Waals surface area (Å²) in [6, 6.07) is 5.91. The molecular formula is C14H17N3O. The minimum absolute atomic E-state index is 0.635. The first-order valence-electron chi connectivity index (χ1n) is 6.11. The number of ether oxygens (including phenoxy) is 1. The maximum atomic E-state index is 5.44. The first-order valence-corrected chi connectivity index (χ1v) is 6.11. The summed E-state index contributed by atoms with van der Waals surface area (Å²) in [5.74, 6) is 0.769. The predicted molar refractivity (Wildman–Crippen MR) is 72.8 cm³/mol. The molecule has 2 heterocycles. The third-order valence-electron chi connectivity index (χ3n) is 2.46. The van der Waals surface area contributed by atoms with Gasteiger partial charge in [0.1, 0.15) is 5.75 Å². The Hall–Kier alpha value is -2.10. The van der Waals surface area contributed by atoms with Gasteiger partial charge in [0.2, 0.25) is 0 Å². The molecule has 2 rings (SSSR count). The van der Waals surface area contributed by atoms with E-state index in [9.17, 15) is 0 Å². The Balaban J connectivity index is 2.29. The molecule has 0 unspecified atom stereocenters. The van der Waals surface area contributed by atoms with E-state index in [0.29, 0.717) is 6.61 Å². The van der Waals surface area contributed by atoms with Crippen molar-refractivity contribution in [1.29, 1.82) is 0 Å². The highest BCUT2D eigenvalue weighted by Crippen LogP contribution is 2.22. The van der Waals surface area contributed by atoms with Crippen LogP contribution in [0.25, 0.3) is 11.3 Å². The van der Waals surface area contributed by atoms with E-state index in [1.165, 1.54) is 0 Å². The molecule has 0 spiro atoms. The van der Waals surface area contributed by atoms with Gasteiger partial charge in [-0.05, 0) is 32.0 Å². The van der Waals surface area contributed by atoms with E-state index in [0.717, 1.165) is 29.2 Å². The molecule has 2 aromatic heterocycles. The third kappa shape index (κ3) is 2.97. The highest BCUT2D eigenvalue weighted by Gasteiger charge is 2.03. The lowest BCUT2D eigenvalue weighted by molar-refractivity contribution is 0.339. The van der Waals surface area contributed by atoms with Gasteiger partial charge in [-0.15, -0.1) is 0 Å². The summed E-state index contributed by atoms with van der Waals surface area (Å²) in [5, 5.41) is 3.27. The SMILES string of the molecule is CCNc1ccnc(-c2cncc(OCC)c2)c1. The normalized spacial score (nSPS) is 10.1. The van der Waals surface area contributed by atoms with E-state index in [4.69, 9.17) is 4.74 Å². The molecule has 0 saturated carbocycles. The van der Waals surface area contributed by atoms with E-state index in [-0.39, 0.29) is 0 Å². The molecule has 0 aliphatic heterocycles. The van der Waals surface area contributed by atoms with E-state index in [1.54, 1.807) is 18.6 Å². The standard InChI is InChI=1S/C14H17N3O/c1-3-16-12-5-6-17-14(8-12)11-7-13(18-4-2)10-15-9-11/h5-10H,3-4H2,1-2H3,(H,16,17). The number of pyridine rings is 2. The van der Waals surface area contributed by atoms with Gasteiger partial charge in [0, 0.05) is 30.2 Å². The Kier molecular flexibility index (Phi) is 4.12. The summed E-state index contributed by atoms with van der Waals surface area (Å²) in [7, 11) is 0. The second kappa shape index (κ2) is 6.00. The van der Waals surface area contributed by atoms with Crippen molar-refractivity contribution in [2.75, 3.05) is 18.5 Å². The summed E-state index contributed by atoms with van der Waals surface area (Å²) in [4.78, 5) is 8.53. The Bertz CT molecular complexity index is 466. The van der Waals surface area contributed by atoms with Crippen molar-refractivity contribution in [2.45, 2.75) is 13.8 Å². The van der Waals surface area contributed by atoms with Crippen LogP contribution in [0.4, 0.5) is 5.69 Å². The Morgan fingerprint density at radius 2 is 2.11 bits per heavy atom. The summed E-state index contributed by atoms with van der Waals surface area (Å²) in [6.07, 6.45) is 5.29. The Labute approximate surface area is 107 Å². The Morgan fingerprint density at radius 3 is 2.89 bits per heavy atom. The smallest absolute Gasteiger partial charge is 0.138 e. The monoisotopic (exact) mass is 243 g/mol. The maximum absolute atomic E-state index is 5.44. The van der Waals surface area contributed by atoms with Crippen LogP contribution in [0.2, 0.25) is 0 Å². The molecule has 1 N–H and O–H groups in total. The number of nitrogens with zero attached hydrogens (tertiary/aromatic N) is 2.